The number of hydrogen-bond acceptors (Lipinski definition) is 4. The van der Waals surface area contributed by atoms with Crippen LogP contribution < -0.4 is 10.1 Å². The van der Waals surface area contributed by atoms with E-state index in [0.717, 1.165) is 16.9 Å². The second-order valence-corrected chi connectivity index (χ2v) is 4.74. The Balaban J connectivity index is 0.00000116. The van der Waals surface area contributed by atoms with E-state index in [1.54, 1.807) is 26.2 Å². The fourth-order valence-corrected chi connectivity index (χ4v) is 1.95. The summed E-state index contributed by atoms with van der Waals surface area (Å²) in [4.78, 5) is 4.23. The molecule has 0 aliphatic rings. The highest BCUT2D eigenvalue weighted by Crippen LogP contribution is 2.18. The van der Waals surface area contributed by atoms with Gasteiger partial charge in [0, 0.05) is 17.8 Å². The first kappa shape index (κ1) is 18.0. The molecule has 2 aromatic rings. The van der Waals surface area contributed by atoms with Crippen LogP contribution in [-0.2, 0) is 6.54 Å². The lowest BCUT2D eigenvalue weighted by molar-refractivity contribution is 0.414. The van der Waals surface area contributed by atoms with Crippen LogP contribution >= 0.6 is 11.6 Å². The summed E-state index contributed by atoms with van der Waals surface area (Å²) in [6.45, 7) is 6.33. The molecular formula is C17H22ClN3O. The Bertz CT molecular complexity index is 612. The van der Waals surface area contributed by atoms with Crippen molar-refractivity contribution in [2.45, 2.75) is 27.3 Å². The van der Waals surface area contributed by atoms with Gasteiger partial charge in [-0.25, -0.2) is 4.98 Å². The van der Waals surface area contributed by atoms with E-state index < -0.39 is 0 Å². The summed E-state index contributed by atoms with van der Waals surface area (Å²) >= 11 is 5.90. The Hall–Kier alpha value is -2.07. The zero-order valence-corrected chi connectivity index (χ0v) is 14.2. The van der Waals surface area contributed by atoms with Crippen LogP contribution in [0, 0.1) is 5.41 Å². The van der Waals surface area contributed by atoms with Gasteiger partial charge in [-0.2, -0.15) is 0 Å². The van der Waals surface area contributed by atoms with Crippen LogP contribution in [0.5, 0.6) is 5.75 Å². The lowest BCUT2D eigenvalue weighted by atomic mass is 10.1. The largest absolute Gasteiger partial charge is 0.497 e. The fourth-order valence-electron chi connectivity index (χ4n) is 1.80. The molecule has 0 saturated heterocycles. The molecule has 1 heterocycles. The Labute approximate surface area is 137 Å². The highest BCUT2D eigenvalue weighted by Gasteiger charge is 2.07. The van der Waals surface area contributed by atoms with Crippen LogP contribution in [0.25, 0.3) is 0 Å². The molecule has 0 atom stereocenters. The maximum atomic E-state index is 7.74. The zero-order valence-electron chi connectivity index (χ0n) is 13.4. The molecule has 2 rings (SSSR count). The smallest absolute Gasteiger partial charge is 0.137 e. The minimum absolute atomic E-state index is 0.409. The minimum atomic E-state index is 0.409. The third-order valence-electron chi connectivity index (χ3n) is 2.88. The monoisotopic (exact) mass is 319 g/mol. The van der Waals surface area contributed by atoms with Crippen molar-refractivity contribution in [2.75, 3.05) is 12.4 Å². The van der Waals surface area contributed by atoms with Crippen molar-refractivity contribution in [3.05, 3.63) is 52.7 Å². The van der Waals surface area contributed by atoms with Gasteiger partial charge >= 0.3 is 0 Å². The second kappa shape index (κ2) is 9.05. The van der Waals surface area contributed by atoms with Gasteiger partial charge in [-0.1, -0.05) is 37.6 Å². The number of nitrogens with zero attached hydrogens (tertiary/aromatic N) is 1. The van der Waals surface area contributed by atoms with Crippen LogP contribution in [0.4, 0.5) is 5.82 Å². The van der Waals surface area contributed by atoms with Crippen molar-refractivity contribution in [3.8, 4) is 5.75 Å². The van der Waals surface area contributed by atoms with Crippen molar-refractivity contribution >= 4 is 23.1 Å². The van der Waals surface area contributed by atoms with E-state index in [1.807, 2.05) is 38.1 Å². The molecule has 4 nitrogen and oxygen atoms in total. The van der Waals surface area contributed by atoms with E-state index >= 15 is 0 Å². The summed E-state index contributed by atoms with van der Waals surface area (Å²) in [5.41, 5.74) is 2.30. The van der Waals surface area contributed by atoms with Crippen molar-refractivity contribution in [3.63, 3.8) is 0 Å². The highest BCUT2D eigenvalue weighted by molar-refractivity contribution is 6.29. The molecule has 2 N–H and O–H groups in total. The quantitative estimate of drug-likeness (QED) is 0.616. The first-order valence-corrected chi connectivity index (χ1v) is 7.57. The lowest BCUT2D eigenvalue weighted by Gasteiger charge is -2.11. The number of benzene rings is 1. The molecule has 5 heteroatoms. The Morgan fingerprint density at radius 1 is 1.18 bits per heavy atom. The molecule has 0 amide bonds. The van der Waals surface area contributed by atoms with Crippen molar-refractivity contribution in [1.82, 2.24) is 4.98 Å². The molecule has 0 saturated carbocycles. The predicted molar refractivity (Wildman–Crippen MR) is 93.4 cm³/mol. The number of nitrogens with one attached hydrogen (secondary N) is 2. The molecule has 0 aliphatic carbocycles. The van der Waals surface area contributed by atoms with E-state index in [-0.39, 0.29) is 0 Å². The topological polar surface area (TPSA) is 58.0 Å². The summed E-state index contributed by atoms with van der Waals surface area (Å²) in [5.74, 6) is 1.45. The Morgan fingerprint density at radius 3 is 2.36 bits per heavy atom. The van der Waals surface area contributed by atoms with Crippen molar-refractivity contribution in [2.24, 2.45) is 0 Å². The highest BCUT2D eigenvalue weighted by atomic mass is 35.5. The summed E-state index contributed by atoms with van der Waals surface area (Å²) in [6.07, 6.45) is 0. The average molecular weight is 320 g/mol. The second-order valence-electron chi connectivity index (χ2n) is 4.36. The SMILES string of the molecule is CC.COc1ccc(CNc2nc(Cl)ccc2C(C)=N)cc1. The van der Waals surface area contributed by atoms with Crippen molar-refractivity contribution in [1.29, 1.82) is 5.41 Å². The van der Waals surface area contributed by atoms with E-state index in [2.05, 4.69) is 10.3 Å². The number of pyridine rings is 1. The number of anilines is 1. The molecule has 1 aromatic heterocycles. The van der Waals surface area contributed by atoms with Gasteiger partial charge in [-0.3, -0.25) is 0 Å². The third-order valence-corrected chi connectivity index (χ3v) is 3.09. The van der Waals surface area contributed by atoms with Crippen LogP contribution in [0.3, 0.4) is 0 Å². The molecule has 0 aliphatic heterocycles. The number of hydrogen-bond donors (Lipinski definition) is 2. The predicted octanol–water partition coefficient (Wildman–Crippen LogP) is 4.77. The lowest BCUT2D eigenvalue weighted by Crippen LogP contribution is -2.07. The fraction of sp³-hybridized carbons (Fsp3) is 0.294. The van der Waals surface area contributed by atoms with Crippen molar-refractivity contribution < 1.29 is 4.74 Å². The molecule has 0 radical (unpaired) electrons. The number of aromatic nitrogens is 1. The minimum Gasteiger partial charge on any atom is -0.497 e. The average Bonchev–Trinajstić information content (AvgIpc) is 2.55. The molecule has 1 aromatic carbocycles. The van der Waals surface area contributed by atoms with Gasteiger partial charge in [0.2, 0.25) is 0 Å². The van der Waals surface area contributed by atoms with E-state index in [9.17, 15) is 0 Å². The van der Waals surface area contributed by atoms with E-state index in [4.69, 9.17) is 21.7 Å². The van der Waals surface area contributed by atoms with Gasteiger partial charge in [0.05, 0.1) is 7.11 Å². The molecule has 0 unspecified atom stereocenters. The Kier molecular flexibility index (Phi) is 7.40. The molecular weight excluding hydrogens is 298 g/mol. The standard InChI is InChI=1S/C15H16ClN3O.C2H6/c1-10(17)13-7-8-14(16)19-15(13)18-9-11-3-5-12(20-2)6-4-11;1-2/h3-8,17H,9H2,1-2H3,(H,18,19);1-2H3. The first-order chi connectivity index (χ1) is 10.6. The molecule has 22 heavy (non-hydrogen) atoms. The molecule has 0 spiro atoms. The number of rotatable bonds is 5. The number of ether oxygens (including phenoxy) is 1. The van der Waals surface area contributed by atoms with E-state index in [0.29, 0.717) is 23.2 Å². The number of methoxy groups -OCH3 is 1. The number of halogens is 1. The van der Waals surface area contributed by atoms with Crippen LogP contribution in [-0.4, -0.2) is 17.8 Å². The van der Waals surface area contributed by atoms with E-state index in [1.165, 1.54) is 0 Å². The summed E-state index contributed by atoms with van der Waals surface area (Å²) < 4.78 is 5.12. The maximum absolute atomic E-state index is 7.74. The van der Waals surface area contributed by atoms with Gasteiger partial charge in [-0.05, 0) is 36.8 Å². The molecule has 118 valence electrons. The van der Waals surface area contributed by atoms with Gasteiger partial charge < -0.3 is 15.5 Å². The van der Waals surface area contributed by atoms with Crippen LogP contribution in [0.1, 0.15) is 31.9 Å². The maximum Gasteiger partial charge on any atom is 0.137 e. The third kappa shape index (κ3) is 5.04. The Morgan fingerprint density at radius 2 is 1.82 bits per heavy atom. The zero-order chi connectivity index (χ0) is 16.5. The normalized spacial score (nSPS) is 9.50. The van der Waals surface area contributed by atoms with Crippen LogP contribution in [0.2, 0.25) is 5.15 Å². The van der Waals surface area contributed by atoms with Gasteiger partial charge in [-0.15, -0.1) is 0 Å². The summed E-state index contributed by atoms with van der Waals surface area (Å²) in [7, 11) is 1.64. The molecule has 0 fully saturated rings. The van der Waals surface area contributed by atoms with Gasteiger partial charge in [0.15, 0.2) is 0 Å². The van der Waals surface area contributed by atoms with Gasteiger partial charge in [0.25, 0.3) is 0 Å². The summed E-state index contributed by atoms with van der Waals surface area (Å²) in [6, 6.07) is 11.3. The first-order valence-electron chi connectivity index (χ1n) is 7.19. The summed E-state index contributed by atoms with van der Waals surface area (Å²) in [5, 5.41) is 11.4. The van der Waals surface area contributed by atoms with Gasteiger partial charge in [0.1, 0.15) is 16.7 Å². The molecule has 0 bridgehead atoms. The van der Waals surface area contributed by atoms with Crippen LogP contribution in [0.15, 0.2) is 36.4 Å².